The zero-order valence-corrected chi connectivity index (χ0v) is 18.8. The fourth-order valence-corrected chi connectivity index (χ4v) is 4.44. The molecular weight excluding hydrogens is 336 g/mol. The Kier molecular flexibility index (Phi) is 12.0. The summed E-state index contributed by atoms with van der Waals surface area (Å²) in [6.07, 6.45) is 22.1. The molecule has 2 aromatic carbocycles. The van der Waals surface area contributed by atoms with E-state index < -0.39 is 0 Å². The Morgan fingerprint density at radius 3 is 1.68 bits per heavy atom. The molecular formula is C28H44. The van der Waals surface area contributed by atoms with Crippen molar-refractivity contribution in [3.63, 3.8) is 0 Å². The van der Waals surface area contributed by atoms with Crippen LogP contribution in [0.25, 0.3) is 10.8 Å². The third-order valence-electron chi connectivity index (χ3n) is 6.22. The van der Waals surface area contributed by atoms with Gasteiger partial charge in [0, 0.05) is 0 Å². The van der Waals surface area contributed by atoms with Crippen molar-refractivity contribution in [2.45, 2.75) is 117 Å². The van der Waals surface area contributed by atoms with Crippen LogP contribution in [0.4, 0.5) is 0 Å². The second kappa shape index (κ2) is 14.7. The van der Waals surface area contributed by atoms with Gasteiger partial charge in [-0.2, -0.15) is 0 Å². The van der Waals surface area contributed by atoms with Gasteiger partial charge in [0.15, 0.2) is 0 Å². The summed E-state index contributed by atoms with van der Waals surface area (Å²) in [4.78, 5) is 0. The number of aryl methyl sites for hydroxylation is 2. The van der Waals surface area contributed by atoms with Crippen LogP contribution in [0.2, 0.25) is 0 Å². The van der Waals surface area contributed by atoms with Gasteiger partial charge in [0.2, 0.25) is 0 Å². The Balaban J connectivity index is 1.86. The minimum absolute atomic E-state index is 1.26. The van der Waals surface area contributed by atoms with Crippen LogP contribution in [-0.4, -0.2) is 0 Å². The fourth-order valence-electron chi connectivity index (χ4n) is 4.44. The third-order valence-corrected chi connectivity index (χ3v) is 6.22. The van der Waals surface area contributed by atoms with Gasteiger partial charge in [0.25, 0.3) is 0 Å². The highest BCUT2D eigenvalue weighted by Gasteiger charge is 2.08. The molecule has 0 aliphatic heterocycles. The molecule has 0 nitrogen and oxygen atoms in total. The van der Waals surface area contributed by atoms with E-state index in [-0.39, 0.29) is 0 Å². The van der Waals surface area contributed by atoms with Crippen LogP contribution in [0.3, 0.4) is 0 Å². The maximum Gasteiger partial charge on any atom is -0.0149 e. The number of unbranched alkanes of at least 4 members (excludes halogenated alkanes) is 12. The maximum atomic E-state index is 2.43. The molecule has 0 aliphatic rings. The van der Waals surface area contributed by atoms with E-state index in [0.29, 0.717) is 0 Å². The molecule has 0 heterocycles. The Morgan fingerprint density at radius 2 is 1.04 bits per heavy atom. The number of fused-ring (bicyclic) bond motifs is 1. The van der Waals surface area contributed by atoms with E-state index in [1.165, 1.54) is 114 Å². The highest BCUT2D eigenvalue weighted by Crippen LogP contribution is 2.26. The van der Waals surface area contributed by atoms with E-state index in [0.717, 1.165) is 0 Å². The first kappa shape index (κ1) is 23.0. The fraction of sp³-hybridized carbons (Fsp3) is 0.643. The summed E-state index contributed by atoms with van der Waals surface area (Å²) >= 11 is 0. The average Bonchev–Trinajstić information content (AvgIpc) is 2.73. The monoisotopic (exact) mass is 380 g/mol. The summed E-state index contributed by atoms with van der Waals surface area (Å²) in [7, 11) is 0. The van der Waals surface area contributed by atoms with E-state index in [1.54, 1.807) is 11.1 Å². The molecule has 0 N–H and O–H groups in total. The van der Waals surface area contributed by atoms with Crippen LogP contribution in [0.1, 0.15) is 115 Å². The second-order valence-electron chi connectivity index (χ2n) is 8.67. The summed E-state index contributed by atoms with van der Waals surface area (Å²) in [6.45, 7) is 4.60. The molecule has 0 radical (unpaired) electrons. The lowest BCUT2D eigenvalue weighted by atomic mass is 9.91. The Morgan fingerprint density at radius 1 is 0.500 bits per heavy atom. The molecule has 0 bridgehead atoms. The molecule has 0 fully saturated rings. The van der Waals surface area contributed by atoms with Crippen molar-refractivity contribution in [2.75, 3.05) is 0 Å². The smallest absolute Gasteiger partial charge is 0.0149 e. The van der Waals surface area contributed by atoms with Crippen LogP contribution in [0, 0.1) is 0 Å². The minimum atomic E-state index is 1.26. The summed E-state index contributed by atoms with van der Waals surface area (Å²) in [6, 6.07) is 13.8. The van der Waals surface area contributed by atoms with Gasteiger partial charge >= 0.3 is 0 Å². The number of rotatable bonds is 16. The number of hydrogen-bond donors (Lipinski definition) is 0. The van der Waals surface area contributed by atoms with Crippen LogP contribution in [0.15, 0.2) is 36.4 Å². The molecule has 0 saturated carbocycles. The standard InChI is InChI=1S/C28H44/c1-3-5-7-9-11-13-15-19-25-23-24-26-20-17-18-22-28(26)27(25)21-16-14-12-10-8-6-4-2/h17-18,20,22-24H,3-16,19,21H2,1-2H3. The molecule has 0 aromatic heterocycles. The first-order chi connectivity index (χ1) is 13.9. The minimum Gasteiger partial charge on any atom is -0.0654 e. The van der Waals surface area contributed by atoms with E-state index in [4.69, 9.17) is 0 Å². The van der Waals surface area contributed by atoms with Gasteiger partial charge in [-0.05, 0) is 47.6 Å². The molecule has 0 heteroatoms. The summed E-state index contributed by atoms with van der Waals surface area (Å²) in [5.74, 6) is 0. The summed E-state index contributed by atoms with van der Waals surface area (Å²) in [5, 5.41) is 2.93. The van der Waals surface area contributed by atoms with Crippen molar-refractivity contribution in [3.8, 4) is 0 Å². The molecule has 0 spiro atoms. The van der Waals surface area contributed by atoms with Gasteiger partial charge in [-0.25, -0.2) is 0 Å². The predicted molar refractivity (Wildman–Crippen MR) is 127 cm³/mol. The van der Waals surface area contributed by atoms with Crippen molar-refractivity contribution < 1.29 is 0 Å². The normalized spacial score (nSPS) is 11.4. The SMILES string of the molecule is CCCCCCCCCc1ccc2ccccc2c1CCCCCCCCC. The van der Waals surface area contributed by atoms with Crippen molar-refractivity contribution in [3.05, 3.63) is 47.5 Å². The molecule has 0 aliphatic carbocycles. The molecule has 0 amide bonds. The Bertz CT molecular complexity index is 640. The summed E-state index contributed by atoms with van der Waals surface area (Å²) in [5.41, 5.74) is 3.27. The molecule has 0 saturated heterocycles. The molecule has 2 aromatic rings. The van der Waals surface area contributed by atoms with E-state index in [2.05, 4.69) is 50.2 Å². The Labute approximate surface area is 175 Å². The molecule has 0 unspecified atom stereocenters. The average molecular weight is 381 g/mol. The van der Waals surface area contributed by atoms with Gasteiger partial charge in [0.05, 0.1) is 0 Å². The van der Waals surface area contributed by atoms with Gasteiger partial charge in [-0.3, -0.25) is 0 Å². The van der Waals surface area contributed by atoms with Crippen LogP contribution < -0.4 is 0 Å². The van der Waals surface area contributed by atoms with E-state index >= 15 is 0 Å². The quantitative estimate of drug-likeness (QED) is 0.254. The topological polar surface area (TPSA) is 0 Å². The van der Waals surface area contributed by atoms with Gasteiger partial charge in [-0.15, -0.1) is 0 Å². The molecule has 0 atom stereocenters. The molecule has 28 heavy (non-hydrogen) atoms. The lowest BCUT2D eigenvalue weighted by Crippen LogP contribution is -1.97. The second-order valence-corrected chi connectivity index (χ2v) is 8.67. The molecule has 2 rings (SSSR count). The van der Waals surface area contributed by atoms with Crippen LogP contribution >= 0.6 is 0 Å². The summed E-state index contributed by atoms with van der Waals surface area (Å²) < 4.78 is 0. The predicted octanol–water partition coefficient (Wildman–Crippen LogP) is 9.43. The number of benzene rings is 2. The Hall–Kier alpha value is -1.30. The van der Waals surface area contributed by atoms with E-state index in [9.17, 15) is 0 Å². The first-order valence-corrected chi connectivity index (χ1v) is 12.4. The first-order valence-electron chi connectivity index (χ1n) is 12.4. The zero-order valence-electron chi connectivity index (χ0n) is 18.8. The number of hydrogen-bond acceptors (Lipinski definition) is 0. The third kappa shape index (κ3) is 8.38. The van der Waals surface area contributed by atoms with Gasteiger partial charge < -0.3 is 0 Å². The lowest BCUT2D eigenvalue weighted by Gasteiger charge is -2.14. The molecule has 156 valence electrons. The van der Waals surface area contributed by atoms with Crippen LogP contribution in [-0.2, 0) is 12.8 Å². The van der Waals surface area contributed by atoms with Crippen molar-refractivity contribution >= 4 is 10.8 Å². The maximum absolute atomic E-state index is 2.43. The van der Waals surface area contributed by atoms with Crippen molar-refractivity contribution in [1.29, 1.82) is 0 Å². The van der Waals surface area contributed by atoms with Crippen molar-refractivity contribution in [1.82, 2.24) is 0 Å². The largest absolute Gasteiger partial charge is 0.0654 e. The highest BCUT2D eigenvalue weighted by atomic mass is 14.1. The zero-order chi connectivity index (χ0) is 19.9. The van der Waals surface area contributed by atoms with Gasteiger partial charge in [-0.1, -0.05) is 127 Å². The van der Waals surface area contributed by atoms with Crippen LogP contribution in [0.5, 0.6) is 0 Å². The van der Waals surface area contributed by atoms with Crippen molar-refractivity contribution in [2.24, 2.45) is 0 Å². The lowest BCUT2D eigenvalue weighted by molar-refractivity contribution is 0.583. The van der Waals surface area contributed by atoms with Gasteiger partial charge in [0.1, 0.15) is 0 Å². The highest BCUT2D eigenvalue weighted by molar-refractivity contribution is 5.86. The van der Waals surface area contributed by atoms with E-state index in [1.807, 2.05) is 0 Å².